The zero-order valence-corrected chi connectivity index (χ0v) is 23.9. The smallest absolute Gasteiger partial charge is 0.320 e. The number of nitrogens with one attached hydrogen (secondary N) is 1. The maximum absolute atomic E-state index is 13.7. The molecule has 12 heteroatoms. The van der Waals surface area contributed by atoms with E-state index in [1.807, 2.05) is 44.2 Å². The highest BCUT2D eigenvalue weighted by molar-refractivity contribution is 5.90. The average molecular weight is 579 g/mol. The van der Waals surface area contributed by atoms with Crippen LogP contribution in [0.15, 0.2) is 54.9 Å². The minimum atomic E-state index is -1.18. The van der Waals surface area contributed by atoms with Gasteiger partial charge in [0.05, 0.1) is 24.0 Å². The fraction of sp³-hybridized carbons (Fsp3) is 0.433. The number of carbonyl (C=O) groups excluding carboxylic acids is 2. The van der Waals surface area contributed by atoms with Gasteiger partial charge in [0, 0.05) is 30.6 Å². The molecule has 3 aromatic rings. The SMILES string of the molecule is CC(C)C[C@H](N[C@H](CCC1C(O)c2c(cnc3ncccc23)N1O)C(=O)O)C(=O)N(C)[C@@H](Cc1ccccc1)C(N)=O. The molecule has 0 saturated heterocycles. The van der Waals surface area contributed by atoms with Crippen molar-refractivity contribution in [2.75, 3.05) is 12.1 Å². The van der Waals surface area contributed by atoms with Gasteiger partial charge in [0.1, 0.15) is 18.2 Å². The minimum absolute atomic E-state index is 0.000568. The van der Waals surface area contributed by atoms with Gasteiger partial charge in [0.15, 0.2) is 5.65 Å². The van der Waals surface area contributed by atoms with E-state index in [1.165, 1.54) is 18.1 Å². The maximum Gasteiger partial charge on any atom is 0.320 e. The number of aliphatic carboxylic acids is 1. The van der Waals surface area contributed by atoms with Crippen molar-refractivity contribution in [2.45, 2.75) is 69.8 Å². The van der Waals surface area contributed by atoms with Crippen LogP contribution in [0, 0.1) is 5.92 Å². The van der Waals surface area contributed by atoms with Crippen molar-refractivity contribution in [1.29, 1.82) is 0 Å². The van der Waals surface area contributed by atoms with Gasteiger partial charge in [0.2, 0.25) is 11.8 Å². The molecule has 5 atom stereocenters. The van der Waals surface area contributed by atoms with Crippen LogP contribution in [-0.4, -0.2) is 79.3 Å². The topological polar surface area (TPSA) is 182 Å². The van der Waals surface area contributed by atoms with Crippen LogP contribution in [0.25, 0.3) is 11.0 Å². The molecule has 1 aliphatic rings. The monoisotopic (exact) mass is 578 g/mol. The number of aliphatic hydroxyl groups excluding tert-OH is 1. The summed E-state index contributed by atoms with van der Waals surface area (Å²) >= 11 is 0. The van der Waals surface area contributed by atoms with Crippen molar-refractivity contribution in [3.8, 4) is 0 Å². The van der Waals surface area contributed by atoms with Crippen molar-refractivity contribution in [3.63, 3.8) is 0 Å². The van der Waals surface area contributed by atoms with Crippen LogP contribution in [0.5, 0.6) is 0 Å². The quantitative estimate of drug-likeness (QED) is 0.201. The summed E-state index contributed by atoms with van der Waals surface area (Å²) in [6.45, 7) is 3.83. The third-order valence-electron chi connectivity index (χ3n) is 7.76. The van der Waals surface area contributed by atoms with Crippen LogP contribution >= 0.6 is 0 Å². The molecule has 4 rings (SSSR count). The number of hydroxylamine groups is 1. The Balaban J connectivity index is 1.49. The highest BCUT2D eigenvalue weighted by atomic mass is 16.5. The van der Waals surface area contributed by atoms with Gasteiger partial charge in [-0.25, -0.2) is 15.0 Å². The molecule has 0 fully saturated rings. The first-order chi connectivity index (χ1) is 20.0. The largest absolute Gasteiger partial charge is 0.480 e. The van der Waals surface area contributed by atoms with Crippen LogP contribution in [0.4, 0.5) is 5.69 Å². The number of anilines is 1. The molecule has 0 bridgehead atoms. The van der Waals surface area contributed by atoms with E-state index in [9.17, 15) is 29.8 Å². The summed E-state index contributed by atoms with van der Waals surface area (Å²) in [7, 11) is 1.49. The summed E-state index contributed by atoms with van der Waals surface area (Å²) in [5.74, 6) is -2.26. The molecule has 2 amide bonds. The van der Waals surface area contributed by atoms with E-state index in [4.69, 9.17) is 5.73 Å². The Hall–Kier alpha value is -4.13. The summed E-state index contributed by atoms with van der Waals surface area (Å²) in [4.78, 5) is 48.1. The van der Waals surface area contributed by atoms with Crippen LogP contribution in [0.2, 0.25) is 0 Å². The number of carbonyl (C=O) groups is 3. The standard InChI is InChI=1S/C30H38N6O6/c1-17(2)14-21(29(39)35(3)23(27(31)38)15-18-8-5-4-6-9-18)34-20(30(40)41)11-12-22-26(37)25-19-10-7-13-32-28(19)33-16-24(25)36(22)42/h4-10,13,16-17,20-23,26,34,37,42H,11-12,14-15H2,1-3H3,(H2,31,38)(H,40,41)/t20-,21+,22?,23+,26?/m1/s1. The molecule has 0 aliphatic carbocycles. The van der Waals surface area contributed by atoms with Crippen LogP contribution in [-0.2, 0) is 20.8 Å². The van der Waals surface area contributed by atoms with Gasteiger partial charge in [-0.05, 0) is 42.9 Å². The number of hydrogen-bond acceptors (Lipinski definition) is 9. The lowest BCUT2D eigenvalue weighted by atomic mass is 9.96. The number of nitrogens with zero attached hydrogens (tertiary/aromatic N) is 4. The van der Waals surface area contributed by atoms with Crippen molar-refractivity contribution < 1.29 is 29.8 Å². The number of aromatic nitrogens is 2. The van der Waals surface area contributed by atoms with Crippen LogP contribution < -0.4 is 16.1 Å². The molecule has 6 N–H and O–H groups in total. The zero-order chi connectivity index (χ0) is 30.6. The number of hydrogen-bond donors (Lipinski definition) is 5. The molecule has 2 unspecified atom stereocenters. The molecule has 0 spiro atoms. The summed E-state index contributed by atoms with van der Waals surface area (Å²) in [6, 6.07) is 8.82. The van der Waals surface area contributed by atoms with E-state index in [0.29, 0.717) is 28.7 Å². The summed E-state index contributed by atoms with van der Waals surface area (Å²) in [5, 5.41) is 36.6. The molecule has 12 nitrogen and oxygen atoms in total. The van der Waals surface area contributed by atoms with Gasteiger partial charge in [-0.3, -0.25) is 24.9 Å². The third kappa shape index (κ3) is 6.67. The molecule has 2 aromatic heterocycles. The Morgan fingerprint density at radius 3 is 2.45 bits per heavy atom. The van der Waals surface area contributed by atoms with Gasteiger partial charge in [-0.2, -0.15) is 0 Å². The average Bonchev–Trinajstić information content (AvgIpc) is 3.21. The Morgan fingerprint density at radius 2 is 1.81 bits per heavy atom. The van der Waals surface area contributed by atoms with Crippen molar-refractivity contribution in [2.24, 2.45) is 11.7 Å². The summed E-state index contributed by atoms with van der Waals surface area (Å²) in [6.07, 6.45) is 2.54. The molecule has 42 heavy (non-hydrogen) atoms. The Bertz CT molecular complexity index is 1420. The van der Waals surface area contributed by atoms with E-state index in [0.717, 1.165) is 10.6 Å². The number of pyridine rings is 2. The summed E-state index contributed by atoms with van der Waals surface area (Å²) < 4.78 is 0. The zero-order valence-electron chi connectivity index (χ0n) is 23.9. The fourth-order valence-corrected chi connectivity index (χ4v) is 5.55. The number of likely N-dealkylation sites (N-methyl/N-ethyl adjacent to an activating group) is 1. The highest BCUT2D eigenvalue weighted by Crippen LogP contribution is 2.43. The second-order valence-corrected chi connectivity index (χ2v) is 11.2. The van der Waals surface area contributed by atoms with Crippen LogP contribution in [0.3, 0.4) is 0 Å². The minimum Gasteiger partial charge on any atom is -0.480 e. The number of carboxylic acid groups (broad SMARTS) is 1. The summed E-state index contributed by atoms with van der Waals surface area (Å²) in [5.41, 5.74) is 7.75. The molecular weight excluding hydrogens is 540 g/mol. The van der Waals surface area contributed by atoms with Crippen LogP contribution in [0.1, 0.15) is 50.3 Å². The normalized spacial score (nSPS) is 18.5. The maximum atomic E-state index is 13.7. The van der Waals surface area contributed by atoms with Gasteiger partial charge >= 0.3 is 5.97 Å². The van der Waals surface area contributed by atoms with Gasteiger partial charge < -0.3 is 20.8 Å². The highest BCUT2D eigenvalue weighted by Gasteiger charge is 2.40. The number of benzene rings is 1. The van der Waals surface area contributed by atoms with E-state index in [2.05, 4.69) is 15.3 Å². The third-order valence-corrected chi connectivity index (χ3v) is 7.76. The van der Waals surface area contributed by atoms with Crippen molar-refractivity contribution in [1.82, 2.24) is 20.2 Å². The fourth-order valence-electron chi connectivity index (χ4n) is 5.55. The number of aliphatic hydroxyl groups is 1. The Labute approximate surface area is 244 Å². The first-order valence-electron chi connectivity index (χ1n) is 14.0. The first kappa shape index (κ1) is 30.8. The Kier molecular flexibility index (Phi) is 9.71. The predicted octanol–water partition coefficient (Wildman–Crippen LogP) is 2.03. The van der Waals surface area contributed by atoms with Gasteiger partial charge in [-0.15, -0.1) is 0 Å². The second kappa shape index (κ2) is 13.2. The van der Waals surface area contributed by atoms with Gasteiger partial charge in [-0.1, -0.05) is 44.2 Å². The lowest BCUT2D eigenvalue weighted by Crippen LogP contribution is -2.56. The van der Waals surface area contributed by atoms with Crippen molar-refractivity contribution >= 4 is 34.5 Å². The first-order valence-corrected chi connectivity index (χ1v) is 14.0. The van der Waals surface area contributed by atoms with Crippen molar-refractivity contribution in [3.05, 3.63) is 66.0 Å². The Morgan fingerprint density at radius 1 is 1.10 bits per heavy atom. The molecule has 0 radical (unpaired) electrons. The number of amides is 2. The predicted molar refractivity (Wildman–Crippen MR) is 155 cm³/mol. The molecule has 0 saturated carbocycles. The van der Waals surface area contributed by atoms with E-state index in [1.54, 1.807) is 18.3 Å². The number of nitrogens with two attached hydrogens (primary N) is 1. The van der Waals surface area contributed by atoms with E-state index < -0.39 is 48.1 Å². The lowest BCUT2D eigenvalue weighted by Gasteiger charge is -2.32. The number of fused-ring (bicyclic) bond motifs is 3. The number of carboxylic acids is 1. The number of rotatable bonds is 13. The van der Waals surface area contributed by atoms with Gasteiger partial charge in [0.25, 0.3) is 0 Å². The molecular formula is C30H38N6O6. The molecule has 1 aliphatic heterocycles. The second-order valence-electron chi connectivity index (χ2n) is 11.2. The van der Waals surface area contributed by atoms with E-state index >= 15 is 0 Å². The molecule has 1 aromatic carbocycles. The number of primary amides is 1. The molecule has 224 valence electrons. The van der Waals surface area contributed by atoms with E-state index in [-0.39, 0.29) is 25.2 Å². The lowest BCUT2D eigenvalue weighted by molar-refractivity contribution is -0.143. The molecule has 3 heterocycles.